The van der Waals surface area contributed by atoms with Gasteiger partial charge in [-0.05, 0) is 32.8 Å². The topological polar surface area (TPSA) is 105 Å². The molecule has 0 aliphatic heterocycles. The fourth-order valence-electron chi connectivity index (χ4n) is 4.00. The summed E-state index contributed by atoms with van der Waals surface area (Å²) in [5.41, 5.74) is 3.07. The largest absolute Gasteiger partial charge is 0.393 e. The summed E-state index contributed by atoms with van der Waals surface area (Å²) >= 11 is 1.50. The first-order valence-corrected chi connectivity index (χ1v) is 11.3. The Morgan fingerprint density at radius 2 is 2.03 bits per heavy atom. The average Bonchev–Trinajstić information content (AvgIpc) is 3.32. The number of aryl methyl sites for hydroxylation is 2. The molecule has 3 aromatic rings. The highest BCUT2D eigenvalue weighted by atomic mass is 32.1. The second-order valence-electron chi connectivity index (χ2n) is 7.92. The predicted molar refractivity (Wildman–Crippen MR) is 120 cm³/mol. The van der Waals surface area contributed by atoms with Crippen molar-refractivity contribution in [3.8, 4) is 10.6 Å². The number of hydrogen-bond acceptors (Lipinski definition) is 9. The zero-order valence-electron chi connectivity index (χ0n) is 18.1. The average molecular weight is 465 g/mol. The number of thiazole rings is 1. The molecule has 3 N–H and O–H groups in total. The summed E-state index contributed by atoms with van der Waals surface area (Å²) in [5, 5.41) is 17.2. The van der Waals surface area contributed by atoms with Gasteiger partial charge in [0.1, 0.15) is 16.3 Å². The van der Waals surface area contributed by atoms with Gasteiger partial charge in [0.25, 0.3) is 0 Å². The molecule has 3 aromatic heterocycles. The number of methoxy groups -OCH3 is 1. The number of ether oxygens (including phenoxy) is 1. The summed E-state index contributed by atoms with van der Waals surface area (Å²) in [4.78, 5) is 18.3. The van der Waals surface area contributed by atoms with Crippen molar-refractivity contribution in [2.24, 2.45) is 5.92 Å². The van der Waals surface area contributed by atoms with Gasteiger partial charge in [-0.15, -0.1) is 11.3 Å². The van der Waals surface area contributed by atoms with Crippen LogP contribution < -0.4 is 10.6 Å². The number of halogens is 2. The second kappa shape index (κ2) is 9.55. The second-order valence-corrected chi connectivity index (χ2v) is 8.95. The van der Waals surface area contributed by atoms with Crippen molar-refractivity contribution in [2.75, 3.05) is 30.9 Å². The molecule has 0 unspecified atom stereocenters. The van der Waals surface area contributed by atoms with Crippen molar-refractivity contribution in [1.29, 1.82) is 0 Å². The van der Waals surface area contributed by atoms with E-state index in [4.69, 9.17) is 9.72 Å². The van der Waals surface area contributed by atoms with E-state index in [-0.39, 0.29) is 18.9 Å². The summed E-state index contributed by atoms with van der Waals surface area (Å²) in [6.07, 6.45) is -1.47. The molecular formula is C21H26F2N6O2S. The molecule has 8 nitrogen and oxygen atoms in total. The lowest BCUT2D eigenvalue weighted by Crippen LogP contribution is -2.20. The van der Waals surface area contributed by atoms with Crippen LogP contribution in [0.2, 0.25) is 0 Å². The lowest BCUT2D eigenvalue weighted by molar-refractivity contribution is 0.0104. The molecule has 32 heavy (non-hydrogen) atoms. The highest BCUT2D eigenvalue weighted by molar-refractivity contribution is 7.21. The normalized spacial score (nSPS) is 20.9. The summed E-state index contributed by atoms with van der Waals surface area (Å²) in [7, 11) is 1.61. The van der Waals surface area contributed by atoms with Crippen molar-refractivity contribution in [2.45, 2.75) is 45.3 Å². The number of rotatable bonds is 8. The number of nitrogens with one attached hydrogen (secondary N) is 2. The minimum absolute atomic E-state index is 0.163. The zero-order valence-corrected chi connectivity index (χ0v) is 18.9. The van der Waals surface area contributed by atoms with Crippen LogP contribution in [0.3, 0.4) is 0 Å². The molecule has 0 spiro atoms. The van der Waals surface area contributed by atoms with Gasteiger partial charge in [0, 0.05) is 31.8 Å². The summed E-state index contributed by atoms with van der Waals surface area (Å²) in [5.74, 6) is -0.128. The Labute approximate surface area is 188 Å². The molecule has 1 aliphatic carbocycles. The molecule has 172 valence electrons. The van der Waals surface area contributed by atoms with Crippen LogP contribution in [0.5, 0.6) is 0 Å². The van der Waals surface area contributed by atoms with Crippen molar-refractivity contribution in [1.82, 2.24) is 19.9 Å². The van der Waals surface area contributed by atoms with E-state index in [2.05, 4.69) is 25.6 Å². The number of fused-ring (bicyclic) bond motifs is 1. The molecule has 0 amide bonds. The van der Waals surface area contributed by atoms with Gasteiger partial charge < -0.3 is 20.5 Å². The number of pyridine rings is 1. The number of nitrogens with zero attached hydrogens (tertiary/aromatic N) is 4. The molecule has 3 heterocycles. The maximum atomic E-state index is 13.3. The molecule has 4 rings (SSSR count). The number of aliphatic hydroxyl groups excluding tert-OH is 1. The van der Waals surface area contributed by atoms with Crippen molar-refractivity contribution >= 4 is 33.3 Å². The van der Waals surface area contributed by atoms with Gasteiger partial charge in [-0.1, -0.05) is 0 Å². The third-order valence-electron chi connectivity index (χ3n) is 5.62. The van der Waals surface area contributed by atoms with E-state index in [9.17, 15) is 13.9 Å². The van der Waals surface area contributed by atoms with Gasteiger partial charge in [-0.2, -0.15) is 4.98 Å². The molecule has 1 saturated carbocycles. The Hall–Kier alpha value is -2.50. The first kappa shape index (κ1) is 22.7. The van der Waals surface area contributed by atoms with Crippen LogP contribution in [0.4, 0.5) is 20.5 Å². The summed E-state index contributed by atoms with van der Waals surface area (Å²) < 4.78 is 32.6. The number of hydrogen-bond donors (Lipinski definition) is 3. The molecule has 0 saturated heterocycles. The van der Waals surface area contributed by atoms with E-state index in [1.807, 2.05) is 19.9 Å². The molecule has 0 radical (unpaired) electrons. The maximum absolute atomic E-state index is 13.3. The molecule has 3 atom stereocenters. The van der Waals surface area contributed by atoms with Crippen molar-refractivity contribution in [3.63, 3.8) is 0 Å². The van der Waals surface area contributed by atoms with Gasteiger partial charge in [0.05, 0.1) is 34.4 Å². The molecule has 11 heteroatoms. The van der Waals surface area contributed by atoms with Crippen LogP contribution in [0, 0.1) is 19.8 Å². The molecular weight excluding hydrogens is 438 g/mol. The smallest absolute Gasteiger partial charge is 0.243 e. The minimum atomic E-state index is -2.56. The lowest BCUT2D eigenvalue weighted by atomic mass is 10.1. The van der Waals surface area contributed by atoms with Crippen molar-refractivity contribution in [3.05, 3.63) is 23.7 Å². The lowest BCUT2D eigenvalue weighted by Gasteiger charge is -2.18. The van der Waals surface area contributed by atoms with Gasteiger partial charge in [0.15, 0.2) is 0 Å². The number of anilines is 2. The highest BCUT2D eigenvalue weighted by Crippen LogP contribution is 2.39. The zero-order chi connectivity index (χ0) is 22.8. The van der Waals surface area contributed by atoms with Gasteiger partial charge >= 0.3 is 0 Å². The minimum Gasteiger partial charge on any atom is -0.393 e. The highest BCUT2D eigenvalue weighted by Gasteiger charge is 2.39. The van der Waals surface area contributed by atoms with Crippen LogP contribution >= 0.6 is 11.3 Å². The third kappa shape index (κ3) is 4.64. The monoisotopic (exact) mass is 464 g/mol. The van der Waals surface area contributed by atoms with E-state index in [1.165, 1.54) is 11.3 Å². The van der Waals surface area contributed by atoms with E-state index in [0.29, 0.717) is 30.6 Å². The summed E-state index contributed by atoms with van der Waals surface area (Å²) in [6, 6.07) is 1.58. The van der Waals surface area contributed by atoms with Gasteiger partial charge in [-0.3, -0.25) is 4.98 Å². The number of alkyl halides is 2. The first-order valence-electron chi connectivity index (χ1n) is 10.4. The standard InChI is InChI=1S/C21H26F2N6O2S/c1-10-16(20-28-17-11(2)24-5-4-15(17)32-20)19(29-21(26-10)25-6-7-31-3)27-12-8-13(18(22)23)14(30)9-12/h4-5,12-14,18,30H,6-9H2,1-3H3,(H2,25,26,27,29)/t12-,13+,14+/m1/s1. The van der Waals surface area contributed by atoms with Crippen LogP contribution in [-0.2, 0) is 4.74 Å². The van der Waals surface area contributed by atoms with E-state index < -0.39 is 18.4 Å². The van der Waals surface area contributed by atoms with E-state index in [0.717, 1.165) is 26.5 Å². The van der Waals surface area contributed by atoms with Gasteiger partial charge in [-0.25, -0.2) is 18.7 Å². The van der Waals surface area contributed by atoms with E-state index >= 15 is 0 Å². The van der Waals surface area contributed by atoms with Crippen LogP contribution in [-0.4, -0.2) is 63.9 Å². The molecule has 1 aliphatic rings. The predicted octanol–water partition coefficient (Wildman–Crippen LogP) is 3.64. The van der Waals surface area contributed by atoms with Crippen LogP contribution in [0.15, 0.2) is 12.3 Å². The Morgan fingerprint density at radius 1 is 1.22 bits per heavy atom. The third-order valence-corrected chi connectivity index (χ3v) is 6.66. The van der Waals surface area contributed by atoms with Gasteiger partial charge in [0.2, 0.25) is 12.4 Å². The Bertz CT molecular complexity index is 1100. The van der Waals surface area contributed by atoms with E-state index in [1.54, 1.807) is 13.3 Å². The van der Waals surface area contributed by atoms with Crippen molar-refractivity contribution < 1.29 is 18.6 Å². The molecule has 1 fully saturated rings. The maximum Gasteiger partial charge on any atom is 0.243 e. The SMILES string of the molecule is COCCNc1nc(C)c(-c2nc3c(C)nccc3s2)c(N[C@@H]2C[C@H](C(F)F)[C@@H](O)C2)n1. The number of aromatic nitrogens is 4. The fraction of sp³-hybridized carbons (Fsp3) is 0.524. The Balaban J connectivity index is 1.72. The number of aliphatic hydroxyl groups is 1. The van der Waals surface area contributed by atoms with Crippen LogP contribution in [0.25, 0.3) is 20.8 Å². The quantitative estimate of drug-likeness (QED) is 0.434. The molecule has 0 bridgehead atoms. The molecule has 0 aromatic carbocycles. The Kier molecular flexibility index (Phi) is 6.77. The summed E-state index contributed by atoms with van der Waals surface area (Å²) in [6.45, 7) is 4.78. The van der Waals surface area contributed by atoms with Crippen LogP contribution in [0.1, 0.15) is 24.2 Å². The fourth-order valence-corrected chi connectivity index (χ4v) is 5.11. The Morgan fingerprint density at radius 3 is 2.72 bits per heavy atom. The first-order chi connectivity index (χ1) is 15.4.